The molecule has 0 N–H and O–H groups in total. The van der Waals surface area contributed by atoms with Crippen LogP contribution >= 0.6 is 0 Å². The number of nitriles is 1. The molecule has 0 aromatic heterocycles. The monoisotopic (exact) mass is 424 g/mol. The smallest absolute Gasteiger partial charge is 0.243 e. The molecule has 32 heavy (non-hydrogen) atoms. The van der Waals surface area contributed by atoms with Gasteiger partial charge in [0.1, 0.15) is 11.2 Å². The zero-order valence-corrected chi connectivity index (χ0v) is 18.7. The molecule has 1 aliphatic heterocycles. The first kappa shape index (κ1) is 21.6. The lowest BCUT2D eigenvalue weighted by molar-refractivity contribution is -0.137. The number of ether oxygens (including phenoxy) is 1. The summed E-state index contributed by atoms with van der Waals surface area (Å²) in [7, 11) is 1.66. The largest absolute Gasteiger partial charge is 0.496 e. The SMILES string of the molecule is COc1ccccc1-c1ccc2ccccc2c1CC(C)(C#N)C(=O)N1CC=CCCC1. The number of fused-ring (bicyclic) bond motifs is 1. The molecule has 1 heterocycles. The third-order valence-corrected chi connectivity index (χ3v) is 6.27. The topological polar surface area (TPSA) is 53.3 Å². The van der Waals surface area contributed by atoms with E-state index < -0.39 is 5.41 Å². The van der Waals surface area contributed by atoms with Crippen molar-refractivity contribution < 1.29 is 9.53 Å². The van der Waals surface area contributed by atoms with Crippen molar-refractivity contribution in [3.63, 3.8) is 0 Å². The van der Waals surface area contributed by atoms with Crippen LogP contribution in [0.2, 0.25) is 0 Å². The van der Waals surface area contributed by atoms with Crippen LogP contribution in [0.1, 0.15) is 25.3 Å². The number of allylic oxidation sites excluding steroid dienone is 1. The number of hydrogen-bond acceptors (Lipinski definition) is 3. The molecule has 0 saturated carbocycles. The first-order valence-electron chi connectivity index (χ1n) is 11.1. The van der Waals surface area contributed by atoms with Gasteiger partial charge in [0.15, 0.2) is 0 Å². The summed E-state index contributed by atoms with van der Waals surface area (Å²) in [6.45, 7) is 3.01. The Bertz CT molecular complexity index is 1210. The van der Waals surface area contributed by atoms with Gasteiger partial charge in [-0.2, -0.15) is 5.26 Å². The summed E-state index contributed by atoms with van der Waals surface area (Å²) in [6, 6.07) is 22.6. The molecule has 4 rings (SSSR count). The quantitative estimate of drug-likeness (QED) is 0.489. The second-order valence-corrected chi connectivity index (χ2v) is 8.50. The Morgan fingerprint density at radius 3 is 2.66 bits per heavy atom. The van der Waals surface area contributed by atoms with E-state index in [0.717, 1.165) is 46.1 Å². The minimum Gasteiger partial charge on any atom is -0.496 e. The lowest BCUT2D eigenvalue weighted by atomic mass is 9.79. The molecule has 3 aromatic carbocycles. The molecule has 1 amide bonds. The molecule has 1 unspecified atom stereocenters. The third-order valence-electron chi connectivity index (χ3n) is 6.27. The minimum absolute atomic E-state index is 0.106. The van der Waals surface area contributed by atoms with E-state index in [-0.39, 0.29) is 5.91 Å². The van der Waals surface area contributed by atoms with Crippen LogP contribution in [-0.2, 0) is 11.2 Å². The van der Waals surface area contributed by atoms with E-state index in [1.54, 1.807) is 14.0 Å². The number of benzene rings is 3. The minimum atomic E-state index is -1.17. The number of carbonyl (C=O) groups is 1. The zero-order valence-electron chi connectivity index (χ0n) is 18.7. The van der Waals surface area contributed by atoms with E-state index >= 15 is 0 Å². The van der Waals surface area contributed by atoms with Crippen molar-refractivity contribution in [2.45, 2.75) is 26.2 Å². The van der Waals surface area contributed by atoms with Crippen molar-refractivity contribution in [3.05, 3.63) is 78.4 Å². The highest BCUT2D eigenvalue weighted by molar-refractivity contribution is 5.94. The standard InChI is InChI=1S/C28H28N2O2/c1-28(20-29,27(31)30-17-9-3-4-10-18-30)19-25-22-12-6-5-11-21(22)15-16-23(25)24-13-7-8-14-26(24)32-2/h3,5-9,11-16H,4,10,17-19H2,1-2H3. The summed E-state index contributed by atoms with van der Waals surface area (Å²) in [6.07, 6.45) is 6.36. The number of methoxy groups -OCH3 is 1. The number of nitrogens with zero attached hydrogens (tertiary/aromatic N) is 2. The second-order valence-electron chi connectivity index (χ2n) is 8.50. The van der Waals surface area contributed by atoms with Crippen LogP contribution in [0.4, 0.5) is 0 Å². The average Bonchev–Trinajstić information content (AvgIpc) is 3.13. The van der Waals surface area contributed by atoms with Gasteiger partial charge >= 0.3 is 0 Å². The van der Waals surface area contributed by atoms with Crippen LogP contribution in [0.3, 0.4) is 0 Å². The Hall–Kier alpha value is -3.58. The molecule has 4 nitrogen and oxygen atoms in total. The molecule has 0 aliphatic carbocycles. The number of hydrogen-bond donors (Lipinski definition) is 0. The lowest BCUT2D eigenvalue weighted by Crippen LogP contribution is -2.43. The van der Waals surface area contributed by atoms with Gasteiger partial charge in [-0.1, -0.05) is 66.7 Å². The fraction of sp³-hybridized carbons (Fsp3) is 0.286. The molecule has 1 aliphatic rings. The van der Waals surface area contributed by atoms with Crippen LogP contribution in [0.5, 0.6) is 5.75 Å². The van der Waals surface area contributed by atoms with Crippen LogP contribution in [0.15, 0.2) is 72.8 Å². The molecule has 162 valence electrons. The number of carbonyl (C=O) groups excluding carboxylic acids is 1. The van der Waals surface area contributed by atoms with Gasteiger partial charge in [-0.05, 0) is 47.7 Å². The zero-order chi connectivity index (χ0) is 22.6. The number of amides is 1. The Kier molecular flexibility index (Phi) is 6.28. The van der Waals surface area contributed by atoms with E-state index in [0.29, 0.717) is 19.5 Å². The maximum atomic E-state index is 13.6. The number of para-hydroxylation sites is 1. The molecule has 3 aromatic rings. The van der Waals surface area contributed by atoms with Gasteiger partial charge in [0.05, 0.1) is 13.2 Å². The van der Waals surface area contributed by atoms with Gasteiger partial charge < -0.3 is 9.64 Å². The van der Waals surface area contributed by atoms with Gasteiger partial charge in [0.25, 0.3) is 0 Å². The molecule has 1 atom stereocenters. The van der Waals surface area contributed by atoms with Gasteiger partial charge in [-0.25, -0.2) is 0 Å². The third kappa shape index (κ3) is 4.11. The van der Waals surface area contributed by atoms with E-state index in [9.17, 15) is 10.1 Å². The van der Waals surface area contributed by atoms with Crippen molar-refractivity contribution in [2.24, 2.45) is 5.41 Å². The van der Waals surface area contributed by atoms with Crippen LogP contribution in [-0.4, -0.2) is 31.0 Å². The van der Waals surface area contributed by atoms with Crippen molar-refractivity contribution in [2.75, 3.05) is 20.2 Å². The normalized spacial score (nSPS) is 15.6. The summed E-state index contributed by atoms with van der Waals surface area (Å²) < 4.78 is 5.63. The Labute approximate surface area is 189 Å². The van der Waals surface area contributed by atoms with Crippen LogP contribution in [0.25, 0.3) is 21.9 Å². The van der Waals surface area contributed by atoms with E-state index in [2.05, 4.69) is 36.4 Å². The van der Waals surface area contributed by atoms with Gasteiger partial charge in [-0.3, -0.25) is 4.79 Å². The molecule has 0 saturated heterocycles. The summed E-state index contributed by atoms with van der Waals surface area (Å²) in [5.74, 6) is 0.664. The van der Waals surface area contributed by atoms with Gasteiger partial charge in [0.2, 0.25) is 5.91 Å². The maximum Gasteiger partial charge on any atom is 0.243 e. The molecule has 0 radical (unpaired) electrons. The maximum absolute atomic E-state index is 13.6. The van der Waals surface area contributed by atoms with Crippen molar-refractivity contribution in [1.82, 2.24) is 4.90 Å². The molecular formula is C28H28N2O2. The summed E-state index contributed by atoms with van der Waals surface area (Å²) >= 11 is 0. The summed E-state index contributed by atoms with van der Waals surface area (Å²) in [5, 5.41) is 12.4. The van der Waals surface area contributed by atoms with Gasteiger partial charge in [-0.15, -0.1) is 0 Å². The predicted octanol–water partition coefficient (Wildman–Crippen LogP) is 5.77. The lowest BCUT2D eigenvalue weighted by Gasteiger charge is -2.30. The molecule has 0 spiro atoms. The fourth-order valence-electron chi connectivity index (χ4n) is 4.51. The number of rotatable bonds is 5. The Morgan fingerprint density at radius 2 is 1.84 bits per heavy atom. The summed E-state index contributed by atoms with van der Waals surface area (Å²) in [4.78, 5) is 15.4. The van der Waals surface area contributed by atoms with Crippen molar-refractivity contribution in [1.29, 1.82) is 5.26 Å². The molecular weight excluding hydrogens is 396 g/mol. The highest BCUT2D eigenvalue weighted by Gasteiger charge is 2.38. The van der Waals surface area contributed by atoms with Crippen molar-refractivity contribution in [3.8, 4) is 22.9 Å². The summed E-state index contributed by atoms with van der Waals surface area (Å²) in [5.41, 5.74) is 1.78. The highest BCUT2D eigenvalue weighted by Crippen LogP contribution is 2.39. The molecule has 4 heteroatoms. The second kappa shape index (κ2) is 9.28. The van der Waals surface area contributed by atoms with Gasteiger partial charge in [0, 0.05) is 25.1 Å². The fourth-order valence-corrected chi connectivity index (χ4v) is 4.51. The molecule has 0 fully saturated rings. The van der Waals surface area contributed by atoms with E-state index in [4.69, 9.17) is 4.74 Å². The van der Waals surface area contributed by atoms with Crippen LogP contribution in [0, 0.1) is 16.7 Å². The predicted molar refractivity (Wildman–Crippen MR) is 128 cm³/mol. The molecule has 0 bridgehead atoms. The van der Waals surface area contributed by atoms with E-state index in [1.165, 1.54) is 0 Å². The van der Waals surface area contributed by atoms with Crippen LogP contribution < -0.4 is 4.74 Å². The first-order valence-corrected chi connectivity index (χ1v) is 11.1. The first-order chi connectivity index (χ1) is 15.6. The Morgan fingerprint density at radius 1 is 1.06 bits per heavy atom. The Balaban J connectivity index is 1.84. The van der Waals surface area contributed by atoms with Crippen molar-refractivity contribution >= 4 is 16.7 Å². The van der Waals surface area contributed by atoms with E-state index in [1.807, 2.05) is 47.4 Å². The average molecular weight is 425 g/mol. The highest BCUT2D eigenvalue weighted by atomic mass is 16.5.